The molecule has 28 heavy (non-hydrogen) atoms. The van der Waals surface area contributed by atoms with E-state index in [9.17, 15) is 4.79 Å². The van der Waals surface area contributed by atoms with E-state index in [1.165, 1.54) is 0 Å². The summed E-state index contributed by atoms with van der Waals surface area (Å²) in [7, 11) is 1.58. The van der Waals surface area contributed by atoms with Gasteiger partial charge in [-0.1, -0.05) is 15.9 Å². The third-order valence-corrected chi connectivity index (χ3v) is 4.63. The zero-order valence-corrected chi connectivity index (χ0v) is 16.5. The highest BCUT2D eigenvalue weighted by molar-refractivity contribution is 9.10. The van der Waals surface area contributed by atoms with Crippen LogP contribution >= 0.6 is 15.9 Å². The number of hydrogen-bond acceptors (Lipinski definition) is 5. The van der Waals surface area contributed by atoms with Crippen LogP contribution in [0.15, 0.2) is 65.3 Å². The number of amides is 1. The van der Waals surface area contributed by atoms with Crippen molar-refractivity contribution in [3.05, 3.63) is 71.0 Å². The fourth-order valence-corrected chi connectivity index (χ4v) is 3.01. The average Bonchev–Trinajstić information content (AvgIpc) is 3.11. The van der Waals surface area contributed by atoms with Gasteiger partial charge < -0.3 is 20.9 Å². The number of hydrogen-bond donors (Lipinski definition) is 4. The molecule has 1 amide bonds. The van der Waals surface area contributed by atoms with Gasteiger partial charge in [0.25, 0.3) is 5.91 Å². The van der Waals surface area contributed by atoms with Crippen molar-refractivity contribution < 1.29 is 4.79 Å². The van der Waals surface area contributed by atoms with Crippen LogP contribution in [0.4, 0.5) is 23.0 Å². The Bertz CT molecular complexity index is 1140. The molecule has 2 heterocycles. The number of imidazole rings is 1. The van der Waals surface area contributed by atoms with Crippen molar-refractivity contribution in [2.45, 2.75) is 0 Å². The highest BCUT2D eigenvalue weighted by Crippen LogP contribution is 2.24. The normalized spacial score (nSPS) is 10.6. The highest BCUT2D eigenvalue weighted by Gasteiger charge is 2.07. The molecule has 0 saturated carbocycles. The zero-order chi connectivity index (χ0) is 19.5. The molecule has 0 atom stereocenters. The van der Waals surface area contributed by atoms with Crippen molar-refractivity contribution in [1.29, 1.82) is 0 Å². The fraction of sp³-hybridized carbons (Fsp3) is 0.0500. The molecule has 4 N–H and O–H groups in total. The van der Waals surface area contributed by atoms with E-state index in [0.717, 1.165) is 32.6 Å². The van der Waals surface area contributed by atoms with E-state index in [1.54, 1.807) is 19.3 Å². The number of pyridine rings is 1. The van der Waals surface area contributed by atoms with Crippen LogP contribution in [0.2, 0.25) is 0 Å². The van der Waals surface area contributed by atoms with Gasteiger partial charge in [0.1, 0.15) is 5.69 Å². The molecule has 4 rings (SSSR count). The molecular formula is C20H17BrN6O. The Labute approximate surface area is 169 Å². The van der Waals surface area contributed by atoms with Gasteiger partial charge in [-0.25, -0.2) is 4.98 Å². The first-order chi connectivity index (χ1) is 13.6. The van der Waals surface area contributed by atoms with Crippen molar-refractivity contribution in [3.8, 4) is 0 Å². The Hall–Kier alpha value is -3.39. The molecule has 0 fully saturated rings. The molecule has 0 unspecified atom stereocenters. The van der Waals surface area contributed by atoms with Gasteiger partial charge in [0, 0.05) is 34.8 Å². The molecule has 0 spiro atoms. The van der Waals surface area contributed by atoms with Crippen LogP contribution in [-0.2, 0) is 0 Å². The number of benzene rings is 2. The molecule has 0 saturated heterocycles. The Morgan fingerprint density at radius 3 is 2.50 bits per heavy atom. The second kappa shape index (κ2) is 7.69. The summed E-state index contributed by atoms with van der Waals surface area (Å²) in [6.07, 6.45) is 1.60. The van der Waals surface area contributed by atoms with E-state index in [2.05, 4.69) is 46.8 Å². The predicted molar refractivity (Wildman–Crippen MR) is 114 cm³/mol. The van der Waals surface area contributed by atoms with E-state index in [1.807, 2.05) is 48.5 Å². The van der Waals surface area contributed by atoms with E-state index < -0.39 is 0 Å². The molecule has 0 aliphatic rings. The first-order valence-electron chi connectivity index (χ1n) is 8.58. The molecular weight excluding hydrogens is 420 g/mol. The number of anilines is 4. The molecule has 0 aliphatic heterocycles. The molecule has 8 heteroatoms. The van der Waals surface area contributed by atoms with E-state index in [4.69, 9.17) is 0 Å². The lowest BCUT2D eigenvalue weighted by molar-refractivity contribution is 0.0958. The Morgan fingerprint density at radius 1 is 0.964 bits per heavy atom. The number of aromatic amines is 1. The highest BCUT2D eigenvalue weighted by atomic mass is 79.9. The minimum Gasteiger partial charge on any atom is -0.355 e. The fourth-order valence-electron chi connectivity index (χ4n) is 2.74. The first kappa shape index (κ1) is 18.0. The number of fused-ring (bicyclic) bond motifs is 1. The molecule has 0 bridgehead atoms. The summed E-state index contributed by atoms with van der Waals surface area (Å²) in [5.41, 5.74) is 4.70. The number of nitrogens with one attached hydrogen (secondary N) is 4. The summed E-state index contributed by atoms with van der Waals surface area (Å²) < 4.78 is 1.02. The molecule has 7 nitrogen and oxygen atoms in total. The lowest BCUT2D eigenvalue weighted by Gasteiger charge is -2.07. The second-order valence-electron chi connectivity index (χ2n) is 6.08. The van der Waals surface area contributed by atoms with Gasteiger partial charge in [0.2, 0.25) is 5.95 Å². The SMILES string of the molecule is CNC(=O)c1cc(Nc2ccc3nc(Nc4ccc(Br)cc4)[nH]c3c2)ccn1. The summed E-state index contributed by atoms with van der Waals surface area (Å²) >= 11 is 3.43. The minimum absolute atomic E-state index is 0.226. The van der Waals surface area contributed by atoms with Crippen LogP contribution in [0, 0.1) is 0 Å². The average molecular weight is 437 g/mol. The number of carbonyl (C=O) groups excluding carboxylic acids is 1. The third-order valence-electron chi connectivity index (χ3n) is 4.10. The molecule has 2 aromatic heterocycles. The standard InChI is InChI=1S/C20H17BrN6O/c1-22-19(28)18-11-15(8-9-23-18)24-14-6-7-16-17(10-14)27-20(26-16)25-13-4-2-12(21)3-5-13/h2-11H,1H3,(H,22,28)(H,23,24)(H2,25,26,27). The first-order valence-corrected chi connectivity index (χ1v) is 9.37. The summed E-state index contributed by atoms with van der Waals surface area (Å²) in [4.78, 5) is 23.6. The third kappa shape index (κ3) is 3.96. The number of nitrogens with zero attached hydrogens (tertiary/aromatic N) is 2. The number of H-pyrrole nitrogens is 1. The van der Waals surface area contributed by atoms with Crippen LogP contribution in [0.3, 0.4) is 0 Å². The van der Waals surface area contributed by atoms with Crippen LogP contribution in [-0.4, -0.2) is 27.9 Å². The number of halogens is 1. The maximum Gasteiger partial charge on any atom is 0.269 e. The molecule has 0 aliphatic carbocycles. The van der Waals surface area contributed by atoms with Crippen LogP contribution in [0.5, 0.6) is 0 Å². The molecule has 4 aromatic rings. The smallest absolute Gasteiger partial charge is 0.269 e. The van der Waals surface area contributed by atoms with Gasteiger partial charge >= 0.3 is 0 Å². The summed E-state index contributed by atoms with van der Waals surface area (Å²) in [6.45, 7) is 0. The zero-order valence-electron chi connectivity index (χ0n) is 15.0. The van der Waals surface area contributed by atoms with Crippen LogP contribution in [0.25, 0.3) is 11.0 Å². The van der Waals surface area contributed by atoms with Crippen molar-refractivity contribution in [2.24, 2.45) is 0 Å². The van der Waals surface area contributed by atoms with Gasteiger partial charge in [-0.15, -0.1) is 0 Å². The lowest BCUT2D eigenvalue weighted by Crippen LogP contribution is -2.19. The maximum absolute atomic E-state index is 11.7. The number of carbonyl (C=O) groups is 1. The van der Waals surface area contributed by atoms with Gasteiger partial charge in [0.05, 0.1) is 11.0 Å². The van der Waals surface area contributed by atoms with Crippen molar-refractivity contribution in [1.82, 2.24) is 20.3 Å². The van der Waals surface area contributed by atoms with Gasteiger partial charge in [-0.05, 0) is 54.6 Å². The number of rotatable bonds is 5. The summed E-state index contributed by atoms with van der Waals surface area (Å²) in [5, 5.41) is 9.11. The van der Waals surface area contributed by atoms with Crippen molar-refractivity contribution in [2.75, 3.05) is 17.7 Å². The lowest BCUT2D eigenvalue weighted by atomic mass is 10.2. The van der Waals surface area contributed by atoms with E-state index in [-0.39, 0.29) is 5.91 Å². The minimum atomic E-state index is -0.226. The summed E-state index contributed by atoms with van der Waals surface area (Å²) in [5.74, 6) is 0.441. The Balaban J connectivity index is 1.55. The maximum atomic E-state index is 11.7. The topological polar surface area (TPSA) is 94.7 Å². The van der Waals surface area contributed by atoms with Crippen LogP contribution < -0.4 is 16.0 Å². The predicted octanol–water partition coefficient (Wildman–Crippen LogP) is 4.57. The Morgan fingerprint density at radius 2 is 1.71 bits per heavy atom. The largest absolute Gasteiger partial charge is 0.355 e. The Kier molecular flexibility index (Phi) is 4.94. The molecule has 2 aromatic carbocycles. The van der Waals surface area contributed by atoms with Gasteiger partial charge in [0.15, 0.2) is 0 Å². The number of aromatic nitrogens is 3. The summed E-state index contributed by atoms with van der Waals surface area (Å²) in [6, 6.07) is 17.2. The second-order valence-corrected chi connectivity index (χ2v) is 7.00. The van der Waals surface area contributed by atoms with Crippen molar-refractivity contribution in [3.63, 3.8) is 0 Å². The van der Waals surface area contributed by atoms with E-state index in [0.29, 0.717) is 11.6 Å². The van der Waals surface area contributed by atoms with Crippen molar-refractivity contribution >= 4 is 55.9 Å². The quantitative estimate of drug-likeness (QED) is 0.367. The van der Waals surface area contributed by atoms with Gasteiger partial charge in [-0.3, -0.25) is 9.78 Å². The van der Waals surface area contributed by atoms with Gasteiger partial charge in [-0.2, -0.15) is 0 Å². The molecule has 140 valence electrons. The molecule has 0 radical (unpaired) electrons. The van der Waals surface area contributed by atoms with Crippen LogP contribution in [0.1, 0.15) is 10.5 Å². The van der Waals surface area contributed by atoms with E-state index >= 15 is 0 Å². The monoisotopic (exact) mass is 436 g/mol.